The van der Waals surface area contributed by atoms with Gasteiger partial charge in [0, 0.05) is 18.7 Å². The normalized spacial score (nSPS) is 11.6. The molecule has 2 amide bonds. The van der Waals surface area contributed by atoms with E-state index < -0.39 is 28.6 Å². The Morgan fingerprint density at radius 3 is 2.29 bits per heavy atom. The first-order chi connectivity index (χ1) is 16.3. The lowest BCUT2D eigenvalue weighted by molar-refractivity contribution is -0.116. The van der Waals surface area contributed by atoms with Gasteiger partial charge in [0.15, 0.2) is 9.84 Å². The maximum Gasteiger partial charge on any atom is 0.488 e. The lowest BCUT2D eigenvalue weighted by atomic mass is 9.80. The second-order valence-corrected chi connectivity index (χ2v) is 11.3. The standard InChI is InChI=1S/C24H33BN2O7S/c1-5-35(32,33)21-14-13-20(15-18(21)16-26-23(29)34-24(2,3)4)27-22(28)8-6-7-17-9-11-19(12-10-17)25(30)31/h9-15,30-31H,5-8,16H2,1-4H3,(H,26,29)(H,27,28). The fourth-order valence-corrected chi connectivity index (χ4v) is 4.39. The smallest absolute Gasteiger partial charge is 0.444 e. The van der Waals surface area contributed by atoms with E-state index in [1.165, 1.54) is 25.1 Å². The van der Waals surface area contributed by atoms with Crippen molar-refractivity contribution >= 4 is 40.1 Å². The molecule has 2 rings (SSSR count). The van der Waals surface area contributed by atoms with Gasteiger partial charge in [0.05, 0.1) is 10.6 Å². The molecule has 0 aromatic heterocycles. The van der Waals surface area contributed by atoms with Gasteiger partial charge in [0.25, 0.3) is 0 Å². The molecule has 0 fully saturated rings. The number of hydrogen-bond acceptors (Lipinski definition) is 7. The minimum absolute atomic E-state index is 0.0777. The van der Waals surface area contributed by atoms with Crippen LogP contribution in [0.25, 0.3) is 0 Å². The first-order valence-electron chi connectivity index (χ1n) is 11.4. The zero-order chi connectivity index (χ0) is 26.2. The van der Waals surface area contributed by atoms with Crippen molar-refractivity contribution in [3.63, 3.8) is 0 Å². The van der Waals surface area contributed by atoms with E-state index in [1.54, 1.807) is 45.0 Å². The third-order valence-electron chi connectivity index (χ3n) is 5.03. The summed E-state index contributed by atoms with van der Waals surface area (Å²) >= 11 is 0. The Morgan fingerprint density at radius 1 is 1.06 bits per heavy atom. The minimum atomic E-state index is -3.55. The molecule has 0 aliphatic rings. The van der Waals surface area contributed by atoms with Crippen molar-refractivity contribution in [3.05, 3.63) is 53.6 Å². The van der Waals surface area contributed by atoms with Crippen LogP contribution in [0, 0.1) is 0 Å². The lowest BCUT2D eigenvalue weighted by Gasteiger charge is -2.20. The molecule has 0 aliphatic heterocycles. The summed E-state index contributed by atoms with van der Waals surface area (Å²) in [5, 5.41) is 23.6. The summed E-state index contributed by atoms with van der Waals surface area (Å²) in [7, 11) is -5.06. The predicted molar refractivity (Wildman–Crippen MR) is 135 cm³/mol. The molecule has 0 heterocycles. The molecule has 190 valence electrons. The van der Waals surface area contributed by atoms with E-state index in [9.17, 15) is 18.0 Å². The molecule has 2 aromatic rings. The summed E-state index contributed by atoms with van der Waals surface area (Å²) in [5.74, 6) is -0.333. The zero-order valence-electron chi connectivity index (χ0n) is 20.5. The van der Waals surface area contributed by atoms with E-state index in [2.05, 4.69) is 10.6 Å². The quantitative estimate of drug-likeness (QED) is 0.363. The molecule has 4 N–H and O–H groups in total. The summed E-state index contributed by atoms with van der Waals surface area (Å²) in [4.78, 5) is 24.6. The molecule has 0 unspecified atom stereocenters. The second kappa shape index (κ2) is 12.2. The summed E-state index contributed by atoms with van der Waals surface area (Å²) in [6, 6.07) is 11.3. The molecule has 0 saturated heterocycles. The lowest BCUT2D eigenvalue weighted by Crippen LogP contribution is -2.32. The number of hydrogen-bond donors (Lipinski definition) is 4. The van der Waals surface area contributed by atoms with Crippen molar-refractivity contribution in [3.8, 4) is 0 Å². The van der Waals surface area contributed by atoms with Crippen LogP contribution in [0.3, 0.4) is 0 Å². The van der Waals surface area contributed by atoms with Gasteiger partial charge in [0.2, 0.25) is 5.91 Å². The molecule has 0 radical (unpaired) electrons. The monoisotopic (exact) mass is 504 g/mol. The third-order valence-corrected chi connectivity index (χ3v) is 6.86. The van der Waals surface area contributed by atoms with E-state index >= 15 is 0 Å². The first-order valence-corrected chi connectivity index (χ1v) is 13.0. The van der Waals surface area contributed by atoms with Crippen LogP contribution in [0.5, 0.6) is 0 Å². The van der Waals surface area contributed by atoms with Gasteiger partial charge in [-0.1, -0.05) is 31.2 Å². The van der Waals surface area contributed by atoms with Crippen LogP contribution in [0.1, 0.15) is 51.7 Å². The van der Waals surface area contributed by atoms with Crippen molar-refractivity contribution < 1.29 is 32.8 Å². The predicted octanol–water partition coefficient (Wildman–Crippen LogP) is 2.15. The molecule has 0 saturated carbocycles. The Balaban J connectivity index is 2.03. The van der Waals surface area contributed by atoms with E-state index in [4.69, 9.17) is 14.8 Å². The van der Waals surface area contributed by atoms with Crippen molar-refractivity contribution in [2.45, 2.75) is 64.0 Å². The minimum Gasteiger partial charge on any atom is -0.444 e. The van der Waals surface area contributed by atoms with Gasteiger partial charge in [-0.15, -0.1) is 0 Å². The molecule has 11 heteroatoms. The van der Waals surface area contributed by atoms with Gasteiger partial charge >= 0.3 is 13.2 Å². The third kappa shape index (κ3) is 9.35. The average Bonchev–Trinajstić information content (AvgIpc) is 2.77. The number of aryl methyl sites for hydroxylation is 1. The number of amides is 2. The summed E-state index contributed by atoms with van der Waals surface area (Å²) in [5.41, 5.74) is 1.44. The molecule has 9 nitrogen and oxygen atoms in total. The Kier molecular flexibility index (Phi) is 9.87. The van der Waals surface area contributed by atoms with Crippen molar-refractivity contribution in [2.75, 3.05) is 11.1 Å². The molecule has 0 aliphatic carbocycles. The van der Waals surface area contributed by atoms with E-state index in [-0.39, 0.29) is 29.5 Å². The molecule has 0 bridgehead atoms. The van der Waals surface area contributed by atoms with Crippen molar-refractivity contribution in [2.24, 2.45) is 0 Å². The Morgan fingerprint density at radius 2 is 1.71 bits per heavy atom. The SMILES string of the molecule is CCS(=O)(=O)c1ccc(NC(=O)CCCc2ccc(B(O)O)cc2)cc1CNC(=O)OC(C)(C)C. The number of ether oxygens (including phenoxy) is 1. The van der Waals surface area contributed by atoms with Gasteiger partial charge in [-0.3, -0.25) is 4.79 Å². The number of carbonyl (C=O) groups is 2. The van der Waals surface area contributed by atoms with E-state index in [0.29, 0.717) is 29.6 Å². The van der Waals surface area contributed by atoms with Crippen LogP contribution in [-0.2, 0) is 32.3 Å². The number of benzene rings is 2. The second-order valence-electron chi connectivity index (χ2n) is 9.10. The average molecular weight is 504 g/mol. The van der Waals surface area contributed by atoms with Gasteiger partial charge in [0.1, 0.15) is 5.60 Å². The summed E-state index contributed by atoms with van der Waals surface area (Å²) in [6.45, 7) is 6.64. The number of carbonyl (C=O) groups excluding carboxylic acids is 2. The number of alkyl carbamates (subject to hydrolysis) is 1. The molecule has 35 heavy (non-hydrogen) atoms. The fraction of sp³-hybridized carbons (Fsp3) is 0.417. The number of sulfone groups is 1. The Labute approximate surface area is 207 Å². The van der Waals surface area contributed by atoms with Crippen LogP contribution < -0.4 is 16.1 Å². The Bertz CT molecular complexity index is 1130. The Hall–Kier alpha value is -2.89. The molecular weight excluding hydrogens is 471 g/mol. The van der Waals surface area contributed by atoms with Crippen LogP contribution >= 0.6 is 0 Å². The largest absolute Gasteiger partial charge is 0.488 e. The maximum atomic E-state index is 12.5. The fourth-order valence-electron chi connectivity index (χ4n) is 3.27. The highest BCUT2D eigenvalue weighted by Gasteiger charge is 2.20. The van der Waals surface area contributed by atoms with E-state index in [1.807, 2.05) is 0 Å². The molecule has 0 atom stereocenters. The van der Waals surface area contributed by atoms with Gasteiger partial charge in [-0.2, -0.15) is 0 Å². The van der Waals surface area contributed by atoms with Crippen LogP contribution in [0.15, 0.2) is 47.4 Å². The summed E-state index contributed by atoms with van der Waals surface area (Å²) < 4.78 is 30.2. The number of nitrogens with one attached hydrogen (secondary N) is 2. The van der Waals surface area contributed by atoms with Crippen LogP contribution in [-0.4, -0.2) is 48.9 Å². The van der Waals surface area contributed by atoms with Gasteiger partial charge in [-0.05, 0) is 68.4 Å². The van der Waals surface area contributed by atoms with Crippen LogP contribution in [0.4, 0.5) is 10.5 Å². The van der Waals surface area contributed by atoms with Crippen LogP contribution in [0.2, 0.25) is 0 Å². The highest BCUT2D eigenvalue weighted by Crippen LogP contribution is 2.22. The maximum absolute atomic E-state index is 12.5. The zero-order valence-corrected chi connectivity index (χ0v) is 21.3. The molecular formula is C24H33BN2O7S. The number of anilines is 1. The molecule has 0 spiro atoms. The van der Waals surface area contributed by atoms with Gasteiger partial charge in [-0.25, -0.2) is 13.2 Å². The molecule has 2 aromatic carbocycles. The van der Waals surface area contributed by atoms with Crippen molar-refractivity contribution in [1.29, 1.82) is 0 Å². The first kappa shape index (κ1) is 28.4. The highest BCUT2D eigenvalue weighted by atomic mass is 32.2. The number of rotatable bonds is 10. The van der Waals surface area contributed by atoms with Crippen molar-refractivity contribution in [1.82, 2.24) is 5.32 Å². The summed E-state index contributed by atoms with van der Waals surface area (Å²) in [6.07, 6.45) is 0.773. The highest BCUT2D eigenvalue weighted by molar-refractivity contribution is 7.91. The van der Waals surface area contributed by atoms with E-state index in [0.717, 1.165) is 5.56 Å². The van der Waals surface area contributed by atoms with Gasteiger partial charge < -0.3 is 25.4 Å². The topological polar surface area (TPSA) is 142 Å².